The van der Waals surface area contributed by atoms with Crippen molar-refractivity contribution in [1.29, 1.82) is 0 Å². The molecule has 0 spiro atoms. The number of benzene rings is 1. The Hall–Kier alpha value is -1.81. The average molecular weight is 259 g/mol. The van der Waals surface area contributed by atoms with E-state index in [0.717, 1.165) is 29.0 Å². The molecule has 0 aliphatic heterocycles. The molecule has 0 amide bonds. The van der Waals surface area contributed by atoms with E-state index in [9.17, 15) is 0 Å². The van der Waals surface area contributed by atoms with Gasteiger partial charge in [0.2, 0.25) is 0 Å². The first kappa shape index (κ1) is 13.6. The lowest BCUT2D eigenvalue weighted by atomic mass is 9.98. The quantitative estimate of drug-likeness (QED) is 0.916. The van der Waals surface area contributed by atoms with E-state index in [1.807, 2.05) is 24.0 Å². The van der Waals surface area contributed by atoms with Gasteiger partial charge in [-0.25, -0.2) is 4.98 Å². The van der Waals surface area contributed by atoms with Gasteiger partial charge in [-0.15, -0.1) is 0 Å². The smallest absolute Gasteiger partial charge is 0.122 e. The Morgan fingerprint density at radius 2 is 2.00 bits per heavy atom. The standard InChI is InChI=1S/C15H21N3O/c1-10-11(2)14(19-4)6-5-12(10)15-13(7-8-16)18(3)9-17-15/h5-6,9H,7-8,16H2,1-4H3. The summed E-state index contributed by atoms with van der Waals surface area (Å²) in [6, 6.07) is 4.07. The van der Waals surface area contributed by atoms with E-state index in [-0.39, 0.29) is 0 Å². The Morgan fingerprint density at radius 3 is 2.63 bits per heavy atom. The number of aromatic nitrogens is 2. The predicted molar refractivity (Wildman–Crippen MR) is 77.4 cm³/mol. The summed E-state index contributed by atoms with van der Waals surface area (Å²) in [6.45, 7) is 4.80. The van der Waals surface area contributed by atoms with Crippen molar-refractivity contribution in [1.82, 2.24) is 9.55 Å². The molecule has 102 valence electrons. The van der Waals surface area contributed by atoms with Crippen molar-refractivity contribution in [2.24, 2.45) is 12.8 Å². The molecule has 0 radical (unpaired) electrons. The lowest BCUT2D eigenvalue weighted by Gasteiger charge is -2.13. The normalized spacial score (nSPS) is 10.8. The fourth-order valence-electron chi connectivity index (χ4n) is 2.39. The van der Waals surface area contributed by atoms with Gasteiger partial charge < -0.3 is 15.0 Å². The Morgan fingerprint density at radius 1 is 1.26 bits per heavy atom. The second kappa shape index (κ2) is 5.45. The molecule has 4 heteroatoms. The molecule has 1 aromatic carbocycles. The first-order valence-electron chi connectivity index (χ1n) is 6.45. The fourth-order valence-corrected chi connectivity index (χ4v) is 2.39. The van der Waals surface area contributed by atoms with Gasteiger partial charge in [-0.1, -0.05) is 0 Å². The average Bonchev–Trinajstić information content (AvgIpc) is 2.75. The van der Waals surface area contributed by atoms with Gasteiger partial charge in [0.15, 0.2) is 0 Å². The summed E-state index contributed by atoms with van der Waals surface area (Å²) in [4.78, 5) is 4.53. The van der Waals surface area contributed by atoms with Crippen molar-refractivity contribution in [2.45, 2.75) is 20.3 Å². The van der Waals surface area contributed by atoms with E-state index >= 15 is 0 Å². The van der Waals surface area contributed by atoms with Gasteiger partial charge in [0, 0.05) is 24.7 Å². The van der Waals surface area contributed by atoms with Crippen molar-refractivity contribution in [3.63, 3.8) is 0 Å². The molecule has 0 unspecified atom stereocenters. The first-order chi connectivity index (χ1) is 9.10. The monoisotopic (exact) mass is 259 g/mol. The van der Waals surface area contributed by atoms with E-state index in [4.69, 9.17) is 10.5 Å². The van der Waals surface area contributed by atoms with Crippen LogP contribution in [0.25, 0.3) is 11.3 Å². The molecule has 0 bridgehead atoms. The Bertz CT molecular complexity index is 587. The third-order valence-electron chi connectivity index (χ3n) is 3.65. The van der Waals surface area contributed by atoms with Gasteiger partial charge in [0.1, 0.15) is 5.75 Å². The SMILES string of the molecule is COc1ccc(-c2ncn(C)c2CCN)c(C)c1C. The molecular weight excluding hydrogens is 238 g/mol. The number of ether oxygens (including phenoxy) is 1. The van der Waals surface area contributed by atoms with Crippen molar-refractivity contribution in [3.05, 3.63) is 35.3 Å². The van der Waals surface area contributed by atoms with Crippen LogP contribution in [-0.2, 0) is 13.5 Å². The zero-order valence-corrected chi connectivity index (χ0v) is 12.0. The zero-order valence-electron chi connectivity index (χ0n) is 12.0. The number of aryl methyl sites for hydroxylation is 1. The maximum absolute atomic E-state index is 5.69. The summed E-state index contributed by atoms with van der Waals surface area (Å²) in [5.41, 5.74) is 11.4. The number of nitrogens with two attached hydrogens (primary N) is 1. The summed E-state index contributed by atoms with van der Waals surface area (Å²) in [5, 5.41) is 0. The van der Waals surface area contributed by atoms with Crippen LogP contribution in [0.2, 0.25) is 0 Å². The molecule has 0 saturated carbocycles. The second-order valence-electron chi connectivity index (χ2n) is 4.75. The molecule has 2 rings (SSSR count). The summed E-state index contributed by atoms with van der Waals surface area (Å²) in [6.07, 6.45) is 2.68. The van der Waals surface area contributed by atoms with E-state index in [2.05, 4.69) is 24.9 Å². The molecule has 2 N–H and O–H groups in total. The van der Waals surface area contributed by atoms with Crippen LogP contribution >= 0.6 is 0 Å². The van der Waals surface area contributed by atoms with Crippen LogP contribution in [0, 0.1) is 13.8 Å². The van der Waals surface area contributed by atoms with Crippen molar-refractivity contribution in [2.75, 3.05) is 13.7 Å². The molecule has 1 aromatic heterocycles. The van der Waals surface area contributed by atoms with Crippen LogP contribution in [0.3, 0.4) is 0 Å². The largest absolute Gasteiger partial charge is 0.496 e. The molecule has 0 aliphatic carbocycles. The third kappa shape index (κ3) is 2.36. The van der Waals surface area contributed by atoms with Crippen LogP contribution in [-0.4, -0.2) is 23.2 Å². The number of hydrogen-bond donors (Lipinski definition) is 1. The van der Waals surface area contributed by atoms with Gasteiger partial charge in [-0.3, -0.25) is 0 Å². The summed E-state index contributed by atoms with van der Waals surface area (Å²) >= 11 is 0. The number of rotatable bonds is 4. The number of nitrogens with zero attached hydrogens (tertiary/aromatic N) is 2. The van der Waals surface area contributed by atoms with Gasteiger partial charge in [-0.05, 0) is 43.7 Å². The lowest BCUT2D eigenvalue weighted by molar-refractivity contribution is 0.411. The van der Waals surface area contributed by atoms with E-state index in [0.29, 0.717) is 6.54 Å². The van der Waals surface area contributed by atoms with Gasteiger partial charge >= 0.3 is 0 Å². The highest BCUT2D eigenvalue weighted by atomic mass is 16.5. The maximum Gasteiger partial charge on any atom is 0.122 e. The number of imidazole rings is 1. The third-order valence-corrected chi connectivity index (χ3v) is 3.65. The summed E-state index contributed by atoms with van der Waals surface area (Å²) in [5.74, 6) is 0.914. The molecule has 0 saturated heterocycles. The zero-order chi connectivity index (χ0) is 14.0. The van der Waals surface area contributed by atoms with Crippen molar-refractivity contribution in [3.8, 4) is 17.0 Å². The minimum Gasteiger partial charge on any atom is -0.496 e. The van der Waals surface area contributed by atoms with E-state index in [1.165, 1.54) is 11.3 Å². The first-order valence-corrected chi connectivity index (χ1v) is 6.45. The van der Waals surface area contributed by atoms with Gasteiger partial charge in [0.05, 0.1) is 19.1 Å². The molecule has 4 nitrogen and oxygen atoms in total. The molecule has 19 heavy (non-hydrogen) atoms. The van der Waals surface area contributed by atoms with Crippen LogP contribution < -0.4 is 10.5 Å². The molecular formula is C15H21N3O. The Kier molecular flexibility index (Phi) is 3.90. The molecule has 1 heterocycles. The maximum atomic E-state index is 5.69. The van der Waals surface area contributed by atoms with Crippen LogP contribution in [0.1, 0.15) is 16.8 Å². The molecule has 2 aromatic rings. The topological polar surface area (TPSA) is 53.1 Å². The lowest BCUT2D eigenvalue weighted by Crippen LogP contribution is -2.07. The second-order valence-corrected chi connectivity index (χ2v) is 4.75. The highest BCUT2D eigenvalue weighted by molar-refractivity contribution is 5.69. The Balaban J connectivity index is 2.56. The molecule has 0 atom stereocenters. The molecule has 0 fully saturated rings. The predicted octanol–water partition coefficient (Wildman–Crippen LogP) is 2.21. The summed E-state index contributed by atoms with van der Waals surface area (Å²) in [7, 11) is 3.70. The van der Waals surface area contributed by atoms with Gasteiger partial charge in [0.25, 0.3) is 0 Å². The van der Waals surface area contributed by atoms with Crippen molar-refractivity contribution >= 4 is 0 Å². The Labute approximate surface area is 114 Å². The number of methoxy groups -OCH3 is 1. The minimum atomic E-state index is 0.626. The fraction of sp³-hybridized carbons (Fsp3) is 0.400. The van der Waals surface area contributed by atoms with Crippen LogP contribution in [0.4, 0.5) is 0 Å². The minimum absolute atomic E-state index is 0.626. The summed E-state index contributed by atoms with van der Waals surface area (Å²) < 4.78 is 7.40. The van der Waals surface area contributed by atoms with E-state index in [1.54, 1.807) is 7.11 Å². The molecule has 0 aliphatic rings. The number of hydrogen-bond acceptors (Lipinski definition) is 3. The van der Waals surface area contributed by atoms with Crippen LogP contribution in [0.5, 0.6) is 5.75 Å². The van der Waals surface area contributed by atoms with Crippen molar-refractivity contribution < 1.29 is 4.74 Å². The highest BCUT2D eigenvalue weighted by Gasteiger charge is 2.15. The van der Waals surface area contributed by atoms with Gasteiger partial charge in [-0.2, -0.15) is 0 Å². The highest BCUT2D eigenvalue weighted by Crippen LogP contribution is 2.31. The van der Waals surface area contributed by atoms with E-state index < -0.39 is 0 Å². The van der Waals surface area contributed by atoms with Crippen LogP contribution in [0.15, 0.2) is 18.5 Å².